The average molecular weight is 317 g/mol. The van der Waals surface area contributed by atoms with Crippen molar-refractivity contribution in [2.24, 2.45) is 5.92 Å². The largest absolute Gasteiger partial charge is 0.497 e. The maximum Gasteiger partial charge on any atom is 0.340 e. The number of fused-ring (bicyclic) bond motifs is 2. The van der Waals surface area contributed by atoms with Crippen molar-refractivity contribution in [3.63, 3.8) is 0 Å². The van der Waals surface area contributed by atoms with E-state index < -0.39 is 0 Å². The van der Waals surface area contributed by atoms with Crippen LogP contribution in [-0.4, -0.2) is 36.9 Å². The topological polar surface area (TPSA) is 48.0 Å². The van der Waals surface area contributed by atoms with E-state index in [-0.39, 0.29) is 17.7 Å². The molecule has 1 fully saturated rings. The highest BCUT2D eigenvalue weighted by atomic mass is 16.6. The van der Waals surface area contributed by atoms with Crippen LogP contribution in [-0.2, 0) is 4.74 Å². The van der Waals surface area contributed by atoms with Crippen LogP contribution in [0.2, 0.25) is 0 Å². The third kappa shape index (κ3) is 2.76. The smallest absolute Gasteiger partial charge is 0.340 e. The van der Waals surface area contributed by atoms with Crippen LogP contribution in [0.1, 0.15) is 37.0 Å². The minimum Gasteiger partial charge on any atom is -0.497 e. The van der Waals surface area contributed by atoms with Gasteiger partial charge in [0, 0.05) is 23.9 Å². The molecular weight excluding hydrogens is 294 g/mol. The Labute approximate surface area is 136 Å². The van der Waals surface area contributed by atoms with Crippen LogP contribution in [0, 0.1) is 5.92 Å². The number of rotatable bonds is 4. The normalized spacial score (nSPS) is 24.4. The summed E-state index contributed by atoms with van der Waals surface area (Å²) in [6, 6.07) is 5.07. The highest BCUT2D eigenvalue weighted by molar-refractivity contribution is 5.90. The maximum atomic E-state index is 12.6. The van der Waals surface area contributed by atoms with E-state index in [9.17, 15) is 4.79 Å². The average Bonchev–Trinajstić information content (AvgIpc) is 2.72. The predicted octanol–water partition coefficient (Wildman–Crippen LogP) is 3.20. The van der Waals surface area contributed by atoms with Crippen molar-refractivity contribution in [2.75, 3.05) is 14.2 Å². The summed E-state index contributed by atoms with van der Waals surface area (Å²) >= 11 is 0. The molecule has 0 spiro atoms. The second-order valence-electron chi connectivity index (χ2n) is 6.55. The van der Waals surface area contributed by atoms with Crippen LogP contribution in [0.3, 0.4) is 0 Å². The van der Waals surface area contributed by atoms with Gasteiger partial charge in [0.25, 0.3) is 0 Å². The first-order valence-electron chi connectivity index (χ1n) is 7.86. The minimum atomic E-state index is -0.359. The Balaban J connectivity index is 1.78. The van der Waals surface area contributed by atoms with Gasteiger partial charge in [0.05, 0.1) is 19.8 Å². The van der Waals surface area contributed by atoms with Gasteiger partial charge in [-0.05, 0) is 38.6 Å². The van der Waals surface area contributed by atoms with Gasteiger partial charge in [-0.2, -0.15) is 0 Å². The number of carbonyl (C=O) groups is 1. The van der Waals surface area contributed by atoms with E-state index >= 15 is 0 Å². The molecule has 0 N–H and O–H groups in total. The minimum absolute atomic E-state index is 0.00470. The van der Waals surface area contributed by atoms with E-state index in [4.69, 9.17) is 14.2 Å². The number of benzene rings is 1. The summed E-state index contributed by atoms with van der Waals surface area (Å²) < 4.78 is 16.2. The van der Waals surface area contributed by atoms with E-state index in [0.717, 1.165) is 12.8 Å². The fourth-order valence-electron chi connectivity index (χ4n) is 3.43. The molecule has 5 heteroatoms. The van der Waals surface area contributed by atoms with Crippen LogP contribution in [0.15, 0.2) is 30.5 Å². The quantitative estimate of drug-likeness (QED) is 0.798. The Morgan fingerprint density at radius 3 is 2.39 bits per heavy atom. The van der Waals surface area contributed by atoms with Gasteiger partial charge in [-0.3, -0.25) is 0 Å². The summed E-state index contributed by atoms with van der Waals surface area (Å²) in [5.41, 5.74) is 0.430. The summed E-state index contributed by atoms with van der Waals surface area (Å²) in [6.45, 7) is 4.37. The first kappa shape index (κ1) is 15.7. The molecule has 0 radical (unpaired) electrons. The summed E-state index contributed by atoms with van der Waals surface area (Å²) in [7, 11) is 3.12. The molecule has 1 aromatic rings. The van der Waals surface area contributed by atoms with Crippen molar-refractivity contribution in [1.29, 1.82) is 0 Å². The van der Waals surface area contributed by atoms with Crippen molar-refractivity contribution in [1.82, 2.24) is 4.90 Å². The molecule has 0 amide bonds. The molecule has 0 saturated carbocycles. The number of esters is 1. The molecule has 3 rings (SSSR count). The van der Waals surface area contributed by atoms with E-state index in [0.29, 0.717) is 23.0 Å². The van der Waals surface area contributed by atoms with Gasteiger partial charge in [-0.25, -0.2) is 4.79 Å². The number of ether oxygens (including phenoxy) is 3. The number of methoxy groups -OCH3 is 2. The second kappa shape index (κ2) is 5.80. The van der Waals surface area contributed by atoms with Crippen LogP contribution in [0.5, 0.6) is 11.5 Å². The van der Waals surface area contributed by atoms with Crippen LogP contribution >= 0.6 is 0 Å². The lowest BCUT2D eigenvalue weighted by Crippen LogP contribution is -2.52. The first-order chi connectivity index (χ1) is 11.0. The summed E-state index contributed by atoms with van der Waals surface area (Å²) in [4.78, 5) is 14.7. The molecule has 2 atom stereocenters. The molecule has 23 heavy (non-hydrogen) atoms. The zero-order valence-corrected chi connectivity index (χ0v) is 14.0. The lowest BCUT2D eigenvalue weighted by atomic mass is 9.82. The molecule has 0 aliphatic carbocycles. The Morgan fingerprint density at radius 1 is 1.13 bits per heavy atom. The standard InChI is InChI=1S/C18H23NO4/c1-18(2)13-5-6-16(19(18)8-7-13)23-17(20)12-9-14(21-3)11-15(10-12)22-4/h7-11,13,16H,5-6H2,1-4H3/t13-,16+/m0/s1. The summed E-state index contributed by atoms with van der Waals surface area (Å²) in [5.74, 6) is 1.30. The molecule has 2 aliphatic rings. The zero-order chi connectivity index (χ0) is 16.6. The lowest BCUT2D eigenvalue weighted by Gasteiger charge is -2.46. The van der Waals surface area contributed by atoms with Crippen molar-refractivity contribution in [2.45, 2.75) is 38.5 Å². The zero-order valence-electron chi connectivity index (χ0n) is 14.0. The third-order valence-electron chi connectivity index (χ3n) is 4.92. The Kier molecular flexibility index (Phi) is 3.96. The molecule has 1 saturated heterocycles. The van der Waals surface area contributed by atoms with Gasteiger partial charge in [-0.1, -0.05) is 6.08 Å². The highest BCUT2D eigenvalue weighted by Crippen LogP contribution is 2.42. The van der Waals surface area contributed by atoms with Gasteiger partial charge >= 0.3 is 5.97 Å². The molecule has 1 aromatic carbocycles. The second-order valence-corrected chi connectivity index (χ2v) is 6.55. The molecular formula is C18H23NO4. The van der Waals surface area contributed by atoms with E-state index in [1.807, 2.05) is 0 Å². The van der Waals surface area contributed by atoms with Gasteiger partial charge in [0.1, 0.15) is 11.5 Å². The number of hydrogen-bond donors (Lipinski definition) is 0. The number of nitrogens with zero attached hydrogens (tertiary/aromatic N) is 1. The maximum absolute atomic E-state index is 12.6. The van der Waals surface area contributed by atoms with Crippen molar-refractivity contribution in [3.05, 3.63) is 36.0 Å². The van der Waals surface area contributed by atoms with Crippen molar-refractivity contribution >= 4 is 5.97 Å². The van der Waals surface area contributed by atoms with Crippen molar-refractivity contribution in [3.8, 4) is 11.5 Å². The fraction of sp³-hybridized carbons (Fsp3) is 0.500. The third-order valence-corrected chi connectivity index (χ3v) is 4.92. The van der Waals surface area contributed by atoms with Crippen LogP contribution in [0.4, 0.5) is 0 Å². The molecule has 2 bridgehead atoms. The van der Waals surface area contributed by atoms with Gasteiger partial charge < -0.3 is 19.1 Å². The van der Waals surface area contributed by atoms with Crippen LogP contribution in [0.25, 0.3) is 0 Å². The Morgan fingerprint density at radius 2 is 1.78 bits per heavy atom. The molecule has 0 aromatic heterocycles. The SMILES string of the molecule is COc1cc(OC)cc(C(=O)O[C@@H]2CC[C@H]3C=CN2C3(C)C)c1. The van der Waals surface area contributed by atoms with E-state index in [1.165, 1.54) is 0 Å². The molecule has 0 unspecified atom stereocenters. The van der Waals surface area contributed by atoms with Gasteiger partial charge in [0.15, 0.2) is 6.23 Å². The molecule has 124 valence electrons. The number of hydrogen-bond acceptors (Lipinski definition) is 5. The first-order valence-corrected chi connectivity index (χ1v) is 7.86. The Hall–Kier alpha value is -2.17. The highest BCUT2D eigenvalue weighted by Gasteiger charge is 2.45. The van der Waals surface area contributed by atoms with Crippen LogP contribution < -0.4 is 9.47 Å². The fourth-order valence-corrected chi connectivity index (χ4v) is 3.43. The number of piperidine rings is 1. The lowest BCUT2D eigenvalue weighted by molar-refractivity contribution is -0.0764. The Bertz CT molecular complexity index is 616. The molecule has 2 heterocycles. The number of carbonyl (C=O) groups excluding carboxylic acids is 1. The summed E-state index contributed by atoms with van der Waals surface area (Å²) in [6.07, 6.45) is 5.90. The van der Waals surface area contributed by atoms with Gasteiger partial charge in [-0.15, -0.1) is 0 Å². The van der Waals surface area contributed by atoms with Gasteiger partial charge in [0.2, 0.25) is 0 Å². The monoisotopic (exact) mass is 317 g/mol. The molecule has 2 aliphatic heterocycles. The van der Waals surface area contributed by atoms with E-state index in [1.54, 1.807) is 32.4 Å². The predicted molar refractivity (Wildman–Crippen MR) is 86.5 cm³/mol. The molecule has 5 nitrogen and oxygen atoms in total. The van der Waals surface area contributed by atoms with Crippen molar-refractivity contribution < 1.29 is 19.0 Å². The van der Waals surface area contributed by atoms with E-state index in [2.05, 4.69) is 31.0 Å². The summed E-state index contributed by atoms with van der Waals surface area (Å²) in [5, 5.41) is 0.